The summed E-state index contributed by atoms with van der Waals surface area (Å²) in [7, 11) is -0.659. The fourth-order valence-corrected chi connectivity index (χ4v) is 7.45. The van der Waals surface area contributed by atoms with Gasteiger partial charge in [0.2, 0.25) is 0 Å². The van der Waals surface area contributed by atoms with Crippen molar-refractivity contribution in [3.8, 4) is 0 Å². The predicted molar refractivity (Wildman–Crippen MR) is 87.0 cm³/mol. The molecule has 0 nitrogen and oxygen atoms in total. The summed E-state index contributed by atoms with van der Waals surface area (Å²) in [4.78, 5) is 0. The Kier molecular flexibility index (Phi) is 3.08. The molecule has 4 rings (SSSR count). The second-order valence-corrected chi connectivity index (χ2v) is 8.76. The van der Waals surface area contributed by atoms with E-state index in [2.05, 4.69) is 72.8 Å². The largest absolute Gasteiger partial charge is 0.125 e. The fraction of sp³-hybridized carbons (Fsp3) is 0.263. The third-order valence-corrected chi connectivity index (χ3v) is 8.14. The van der Waals surface area contributed by atoms with Gasteiger partial charge in [0.25, 0.3) is 0 Å². The van der Waals surface area contributed by atoms with E-state index in [9.17, 15) is 0 Å². The molecule has 0 aromatic heterocycles. The molecule has 3 unspecified atom stereocenters. The first kappa shape index (κ1) is 12.2. The lowest BCUT2D eigenvalue weighted by atomic mass is 10.1. The van der Waals surface area contributed by atoms with Crippen LogP contribution in [0.5, 0.6) is 0 Å². The molecule has 0 amide bonds. The molecule has 20 heavy (non-hydrogen) atoms. The van der Waals surface area contributed by atoms with Crippen molar-refractivity contribution in [2.45, 2.75) is 18.4 Å². The Balaban J connectivity index is 1.76. The van der Waals surface area contributed by atoms with Crippen LogP contribution < -0.4 is 10.4 Å². The van der Waals surface area contributed by atoms with Gasteiger partial charge < -0.3 is 0 Å². The smallest absolute Gasteiger partial charge is 0.0851 e. The van der Waals surface area contributed by atoms with Crippen molar-refractivity contribution >= 4 is 19.2 Å². The van der Waals surface area contributed by atoms with E-state index in [1.165, 1.54) is 12.8 Å². The molecule has 99 valence electrons. The molecule has 1 fully saturated rings. The Hall–Kier alpha value is -1.60. The number of allylic oxidation sites excluding steroid dienone is 2. The van der Waals surface area contributed by atoms with Gasteiger partial charge in [-0.1, -0.05) is 83.2 Å². The average Bonchev–Trinajstić information content (AvgIpc) is 3.13. The molecule has 1 radical (unpaired) electrons. The number of benzene rings is 2. The lowest BCUT2D eigenvalue weighted by molar-refractivity contribution is 0.688. The van der Waals surface area contributed by atoms with Gasteiger partial charge >= 0.3 is 0 Å². The summed E-state index contributed by atoms with van der Waals surface area (Å²) >= 11 is 0. The second-order valence-electron chi connectivity index (χ2n) is 6.03. The maximum Gasteiger partial charge on any atom is 0.125 e. The molecule has 0 saturated heterocycles. The molecule has 2 aliphatic carbocycles. The van der Waals surface area contributed by atoms with Gasteiger partial charge in [0.15, 0.2) is 0 Å². The molecule has 0 N–H and O–H groups in total. The maximum absolute atomic E-state index is 2.50. The average molecular weight is 275 g/mol. The molecule has 2 aromatic carbocycles. The zero-order valence-electron chi connectivity index (χ0n) is 11.6. The quantitative estimate of drug-likeness (QED) is 0.596. The van der Waals surface area contributed by atoms with Crippen LogP contribution in [0.15, 0.2) is 72.8 Å². The number of hydrogen-bond donors (Lipinski definition) is 0. The standard InChI is InChI=1S/C19H19Si/c1-3-7-17(8-4-1)20(18-9-5-2-6-10-18)19-14-15-11-12-16(19)13-15/h1-12,15-16,19H,13-14H2. The summed E-state index contributed by atoms with van der Waals surface area (Å²) in [5.41, 5.74) is 0.875. The van der Waals surface area contributed by atoms with Crippen LogP contribution in [-0.2, 0) is 0 Å². The van der Waals surface area contributed by atoms with Crippen LogP contribution in [0.1, 0.15) is 12.8 Å². The molecular formula is C19H19Si. The molecule has 1 heteroatoms. The summed E-state index contributed by atoms with van der Waals surface area (Å²) < 4.78 is 0. The topological polar surface area (TPSA) is 0 Å². The Labute approximate surface area is 122 Å². The van der Waals surface area contributed by atoms with Crippen LogP contribution in [0.2, 0.25) is 5.54 Å². The summed E-state index contributed by atoms with van der Waals surface area (Å²) in [6, 6.07) is 22.4. The first-order valence-corrected chi connectivity index (χ1v) is 9.15. The van der Waals surface area contributed by atoms with Crippen molar-refractivity contribution in [2.75, 3.05) is 0 Å². The van der Waals surface area contributed by atoms with E-state index < -0.39 is 8.80 Å². The summed E-state index contributed by atoms with van der Waals surface area (Å²) in [6.07, 6.45) is 7.75. The number of rotatable bonds is 3. The highest BCUT2D eigenvalue weighted by Gasteiger charge is 2.41. The zero-order valence-corrected chi connectivity index (χ0v) is 12.6. The van der Waals surface area contributed by atoms with Gasteiger partial charge in [-0.25, -0.2) is 0 Å². The van der Waals surface area contributed by atoms with E-state index in [0.29, 0.717) is 0 Å². The van der Waals surface area contributed by atoms with Gasteiger partial charge in [-0.15, -0.1) is 0 Å². The van der Waals surface area contributed by atoms with Crippen molar-refractivity contribution in [1.29, 1.82) is 0 Å². The predicted octanol–water partition coefficient (Wildman–Crippen LogP) is 3.26. The third kappa shape index (κ3) is 2.06. The number of fused-ring (bicyclic) bond motifs is 2. The van der Waals surface area contributed by atoms with Crippen LogP contribution in [0.3, 0.4) is 0 Å². The SMILES string of the molecule is C1=CC2CC1CC2[Si](c1ccccc1)c1ccccc1. The molecular weight excluding hydrogens is 256 g/mol. The highest BCUT2D eigenvalue weighted by molar-refractivity contribution is 6.86. The van der Waals surface area contributed by atoms with Crippen molar-refractivity contribution in [1.82, 2.24) is 0 Å². The van der Waals surface area contributed by atoms with E-state index in [-0.39, 0.29) is 0 Å². The van der Waals surface area contributed by atoms with Crippen molar-refractivity contribution in [3.05, 3.63) is 72.8 Å². The molecule has 0 heterocycles. The number of hydrogen-bond acceptors (Lipinski definition) is 0. The van der Waals surface area contributed by atoms with Crippen LogP contribution in [0.25, 0.3) is 0 Å². The molecule has 0 spiro atoms. The summed E-state index contributed by atoms with van der Waals surface area (Å²) in [5, 5.41) is 3.16. The van der Waals surface area contributed by atoms with E-state index in [4.69, 9.17) is 0 Å². The Morgan fingerprint density at radius 3 is 1.75 bits per heavy atom. The first-order chi connectivity index (χ1) is 9.92. The lowest BCUT2D eigenvalue weighted by Gasteiger charge is -2.27. The van der Waals surface area contributed by atoms with Crippen molar-refractivity contribution < 1.29 is 0 Å². The lowest BCUT2D eigenvalue weighted by Crippen LogP contribution is -2.47. The van der Waals surface area contributed by atoms with Crippen molar-refractivity contribution in [2.24, 2.45) is 11.8 Å². The zero-order chi connectivity index (χ0) is 13.4. The van der Waals surface area contributed by atoms with Crippen LogP contribution in [-0.4, -0.2) is 8.80 Å². The van der Waals surface area contributed by atoms with E-state index in [1.807, 2.05) is 0 Å². The fourth-order valence-electron chi connectivity index (χ4n) is 3.94. The first-order valence-electron chi connectivity index (χ1n) is 7.58. The van der Waals surface area contributed by atoms with Gasteiger partial charge in [0, 0.05) is 0 Å². The van der Waals surface area contributed by atoms with Crippen LogP contribution in [0, 0.1) is 11.8 Å². The van der Waals surface area contributed by atoms with E-state index >= 15 is 0 Å². The summed E-state index contributed by atoms with van der Waals surface area (Å²) in [5.74, 6) is 1.69. The van der Waals surface area contributed by atoms with Crippen LogP contribution in [0.4, 0.5) is 0 Å². The van der Waals surface area contributed by atoms with E-state index in [1.54, 1.807) is 10.4 Å². The monoisotopic (exact) mass is 275 g/mol. The highest BCUT2D eigenvalue weighted by atomic mass is 28.3. The van der Waals surface area contributed by atoms with E-state index in [0.717, 1.165) is 17.4 Å². The third-order valence-electron chi connectivity index (χ3n) is 4.82. The normalized spacial score (nSPS) is 27.4. The highest BCUT2D eigenvalue weighted by Crippen LogP contribution is 2.48. The second kappa shape index (κ2) is 5.06. The molecule has 0 aliphatic heterocycles. The van der Waals surface area contributed by atoms with Gasteiger partial charge in [-0.05, 0) is 30.2 Å². The van der Waals surface area contributed by atoms with Crippen molar-refractivity contribution in [3.63, 3.8) is 0 Å². The molecule has 3 atom stereocenters. The van der Waals surface area contributed by atoms with Crippen LogP contribution >= 0.6 is 0 Å². The Morgan fingerprint density at radius 2 is 1.30 bits per heavy atom. The maximum atomic E-state index is 2.50. The molecule has 1 saturated carbocycles. The summed E-state index contributed by atoms with van der Waals surface area (Å²) in [6.45, 7) is 0. The van der Waals surface area contributed by atoms with Gasteiger partial charge in [0.1, 0.15) is 8.80 Å². The molecule has 2 aromatic rings. The Morgan fingerprint density at radius 1 is 0.700 bits per heavy atom. The Bertz CT molecular complexity index is 563. The minimum atomic E-state index is -0.659. The minimum absolute atomic E-state index is 0.659. The van der Waals surface area contributed by atoms with Gasteiger partial charge in [-0.2, -0.15) is 0 Å². The minimum Gasteiger partial charge on any atom is -0.0851 e. The molecule has 2 aliphatic rings. The molecule has 2 bridgehead atoms. The van der Waals surface area contributed by atoms with Gasteiger partial charge in [0.05, 0.1) is 0 Å². The van der Waals surface area contributed by atoms with Gasteiger partial charge in [-0.3, -0.25) is 0 Å².